The Morgan fingerprint density at radius 1 is 1.50 bits per heavy atom. The van der Waals surface area contributed by atoms with Gasteiger partial charge in [-0.3, -0.25) is 10.2 Å². The minimum atomic E-state index is -0.122. The molecule has 0 fully saturated rings. The molecule has 18 heavy (non-hydrogen) atoms. The fourth-order valence-electron chi connectivity index (χ4n) is 1.08. The topological polar surface area (TPSA) is 71.8 Å². The van der Waals surface area contributed by atoms with E-state index in [0.717, 1.165) is 10.9 Å². The number of carbonyl (C=O) groups is 1. The second-order valence-electron chi connectivity index (χ2n) is 3.88. The van der Waals surface area contributed by atoms with Crippen molar-refractivity contribution in [2.75, 3.05) is 11.2 Å². The average Bonchev–Trinajstić information content (AvgIpc) is 2.61. The maximum Gasteiger partial charge on any atom is 0.228 e. The Morgan fingerprint density at radius 2 is 2.17 bits per heavy atom. The zero-order valence-electron chi connectivity index (χ0n) is 10.9. The van der Waals surface area contributed by atoms with Gasteiger partial charge in [0.15, 0.2) is 5.11 Å². The number of thiocarbonyl (C=S) groups is 1. The molecular weight excluding hydrogens is 270 g/mol. The molecule has 100 valence electrons. The van der Waals surface area contributed by atoms with Crippen LogP contribution < -0.4 is 10.7 Å². The van der Waals surface area contributed by atoms with Gasteiger partial charge >= 0.3 is 0 Å². The maximum absolute atomic E-state index is 11.5. The van der Waals surface area contributed by atoms with Crippen molar-refractivity contribution in [3.05, 3.63) is 5.82 Å². The molecule has 1 aromatic rings. The van der Waals surface area contributed by atoms with Gasteiger partial charge in [-0.05, 0) is 24.9 Å². The first-order valence-corrected chi connectivity index (χ1v) is 7.01. The molecule has 6 nitrogen and oxygen atoms in total. The van der Waals surface area contributed by atoms with Gasteiger partial charge in [0.2, 0.25) is 11.1 Å². The van der Waals surface area contributed by atoms with Crippen molar-refractivity contribution < 1.29 is 4.79 Å². The van der Waals surface area contributed by atoms with Gasteiger partial charge in [-0.15, -0.1) is 10.2 Å². The van der Waals surface area contributed by atoms with E-state index in [4.69, 9.17) is 12.2 Å². The van der Waals surface area contributed by atoms with E-state index in [1.165, 1.54) is 0 Å². The van der Waals surface area contributed by atoms with Crippen LogP contribution in [0, 0.1) is 12.8 Å². The largest absolute Gasteiger partial charge is 0.302 e. The van der Waals surface area contributed by atoms with Crippen LogP contribution in [0.25, 0.3) is 0 Å². The summed E-state index contributed by atoms with van der Waals surface area (Å²) in [6.07, 6.45) is 0. The van der Waals surface area contributed by atoms with Gasteiger partial charge < -0.3 is 5.32 Å². The number of hydrogen-bond acceptors (Lipinski definition) is 5. The summed E-state index contributed by atoms with van der Waals surface area (Å²) >= 11 is 6.62. The van der Waals surface area contributed by atoms with Crippen LogP contribution in [-0.2, 0) is 4.79 Å². The van der Waals surface area contributed by atoms with E-state index in [0.29, 0.717) is 5.82 Å². The minimum absolute atomic E-state index is 0.115. The zero-order chi connectivity index (χ0) is 13.7. The van der Waals surface area contributed by atoms with Crippen molar-refractivity contribution in [1.29, 1.82) is 0 Å². The van der Waals surface area contributed by atoms with Crippen LogP contribution in [0.4, 0.5) is 0 Å². The lowest BCUT2D eigenvalue weighted by Crippen LogP contribution is -2.40. The predicted molar refractivity (Wildman–Crippen MR) is 76.1 cm³/mol. The quantitative estimate of drug-likeness (QED) is 0.642. The van der Waals surface area contributed by atoms with Crippen LogP contribution in [0.3, 0.4) is 0 Å². The SMILES string of the molecule is CCSc1nnc(C)n1NC(=S)NC(=O)C(C)C. The number of carbonyl (C=O) groups excluding carboxylic acids is 1. The molecule has 0 radical (unpaired) electrons. The summed E-state index contributed by atoms with van der Waals surface area (Å²) in [5.41, 5.74) is 2.90. The molecule has 0 unspecified atom stereocenters. The molecule has 0 spiro atoms. The lowest BCUT2D eigenvalue weighted by molar-refractivity contribution is -0.122. The molecule has 0 aliphatic heterocycles. The van der Waals surface area contributed by atoms with E-state index in [1.807, 2.05) is 13.8 Å². The normalized spacial score (nSPS) is 10.5. The molecule has 1 amide bonds. The third-order valence-corrected chi connectivity index (χ3v) is 3.05. The third-order valence-electron chi connectivity index (χ3n) is 2.04. The molecule has 0 bridgehead atoms. The number of nitrogens with zero attached hydrogens (tertiary/aromatic N) is 3. The van der Waals surface area contributed by atoms with Crippen LogP contribution in [0.2, 0.25) is 0 Å². The number of thioether (sulfide) groups is 1. The van der Waals surface area contributed by atoms with Gasteiger partial charge in [-0.2, -0.15) is 0 Å². The molecule has 0 aliphatic carbocycles. The summed E-state index contributed by atoms with van der Waals surface area (Å²) in [5.74, 6) is 1.33. The third kappa shape index (κ3) is 3.95. The van der Waals surface area contributed by atoms with Crippen molar-refractivity contribution in [3.63, 3.8) is 0 Å². The second kappa shape index (κ2) is 6.69. The Balaban J connectivity index is 2.69. The number of hydrogen-bond donors (Lipinski definition) is 2. The lowest BCUT2D eigenvalue weighted by atomic mass is 10.2. The van der Waals surface area contributed by atoms with E-state index >= 15 is 0 Å². The molecule has 2 N–H and O–H groups in total. The number of nitrogens with one attached hydrogen (secondary N) is 2. The molecule has 1 aromatic heterocycles. The fraction of sp³-hybridized carbons (Fsp3) is 0.600. The van der Waals surface area contributed by atoms with E-state index < -0.39 is 0 Å². The van der Waals surface area contributed by atoms with Crippen LogP contribution in [0.1, 0.15) is 26.6 Å². The highest BCUT2D eigenvalue weighted by molar-refractivity contribution is 7.99. The van der Waals surface area contributed by atoms with Gasteiger partial charge in [0.25, 0.3) is 0 Å². The molecule has 0 aromatic carbocycles. The van der Waals surface area contributed by atoms with Crippen molar-refractivity contribution in [2.24, 2.45) is 5.92 Å². The average molecular weight is 287 g/mol. The number of aryl methyl sites for hydroxylation is 1. The van der Waals surface area contributed by atoms with Crippen molar-refractivity contribution in [2.45, 2.75) is 32.9 Å². The first-order valence-electron chi connectivity index (χ1n) is 5.62. The molecule has 0 atom stereocenters. The van der Waals surface area contributed by atoms with Crippen molar-refractivity contribution >= 4 is 35.0 Å². The summed E-state index contributed by atoms with van der Waals surface area (Å²) in [4.78, 5) is 11.5. The lowest BCUT2D eigenvalue weighted by Gasteiger charge is -2.13. The molecule has 0 aliphatic rings. The zero-order valence-corrected chi connectivity index (χ0v) is 12.5. The molecule has 0 saturated carbocycles. The van der Waals surface area contributed by atoms with Gasteiger partial charge in [0.1, 0.15) is 5.82 Å². The summed E-state index contributed by atoms with van der Waals surface area (Å²) in [7, 11) is 0. The highest BCUT2D eigenvalue weighted by atomic mass is 32.2. The van der Waals surface area contributed by atoms with Gasteiger partial charge in [0.05, 0.1) is 0 Å². The molecule has 1 rings (SSSR count). The van der Waals surface area contributed by atoms with E-state index in [2.05, 4.69) is 20.9 Å². The smallest absolute Gasteiger partial charge is 0.228 e. The standard InChI is InChI=1S/C10H17N5OS2/c1-5-18-10-13-12-7(4)15(10)14-9(17)11-8(16)6(2)3/h6H,5H2,1-4H3,(H2,11,14,16,17). The summed E-state index contributed by atoms with van der Waals surface area (Å²) < 4.78 is 1.66. The summed E-state index contributed by atoms with van der Waals surface area (Å²) in [6, 6.07) is 0. The maximum atomic E-state index is 11.5. The van der Waals surface area contributed by atoms with Gasteiger partial charge in [-0.25, -0.2) is 4.68 Å². The molecule has 1 heterocycles. The monoisotopic (exact) mass is 287 g/mol. The first kappa shape index (κ1) is 14.9. The van der Waals surface area contributed by atoms with Crippen LogP contribution in [0.5, 0.6) is 0 Å². The Bertz CT molecular complexity index is 443. The van der Waals surface area contributed by atoms with Gasteiger partial charge in [0, 0.05) is 5.92 Å². The Hall–Kier alpha value is -1.15. The number of aromatic nitrogens is 3. The minimum Gasteiger partial charge on any atom is -0.302 e. The Kier molecular flexibility index (Phi) is 5.54. The Morgan fingerprint density at radius 3 is 2.72 bits per heavy atom. The summed E-state index contributed by atoms with van der Waals surface area (Å²) in [5, 5.41) is 11.5. The number of rotatable bonds is 4. The van der Waals surface area contributed by atoms with Crippen molar-refractivity contribution in [1.82, 2.24) is 20.2 Å². The first-order chi connectivity index (χ1) is 8.45. The van der Waals surface area contributed by atoms with Crippen LogP contribution >= 0.6 is 24.0 Å². The van der Waals surface area contributed by atoms with Crippen LogP contribution in [0.15, 0.2) is 5.16 Å². The Labute approximate surface area is 116 Å². The summed E-state index contributed by atoms with van der Waals surface area (Å²) in [6.45, 7) is 7.45. The van der Waals surface area contributed by atoms with Crippen molar-refractivity contribution in [3.8, 4) is 0 Å². The predicted octanol–water partition coefficient (Wildman–Crippen LogP) is 1.30. The molecule has 8 heteroatoms. The second-order valence-corrected chi connectivity index (χ2v) is 5.52. The number of amides is 1. The van der Waals surface area contributed by atoms with E-state index in [1.54, 1.807) is 30.3 Å². The van der Waals surface area contributed by atoms with E-state index in [-0.39, 0.29) is 16.9 Å². The molecule has 0 saturated heterocycles. The highest BCUT2D eigenvalue weighted by Crippen LogP contribution is 2.14. The van der Waals surface area contributed by atoms with Crippen LogP contribution in [-0.4, -0.2) is 31.6 Å². The van der Waals surface area contributed by atoms with Gasteiger partial charge in [-0.1, -0.05) is 32.5 Å². The molecular formula is C10H17N5OS2. The fourth-order valence-corrected chi connectivity index (χ4v) is 1.94. The highest BCUT2D eigenvalue weighted by Gasteiger charge is 2.12. The van der Waals surface area contributed by atoms with E-state index in [9.17, 15) is 4.79 Å².